The second kappa shape index (κ2) is 9.18. The van der Waals surface area contributed by atoms with Gasteiger partial charge in [0.2, 0.25) is 11.8 Å². The van der Waals surface area contributed by atoms with Crippen molar-refractivity contribution in [3.05, 3.63) is 71.8 Å². The number of amides is 2. The minimum atomic E-state index is -0.311. The lowest BCUT2D eigenvalue weighted by molar-refractivity contribution is -0.138. The molecule has 136 valence electrons. The van der Waals surface area contributed by atoms with E-state index in [4.69, 9.17) is 0 Å². The summed E-state index contributed by atoms with van der Waals surface area (Å²) in [6.07, 6.45) is 3.64. The number of rotatable bonds is 7. The van der Waals surface area contributed by atoms with Crippen LogP contribution in [0.5, 0.6) is 0 Å². The number of carbonyl (C=O) groups is 2. The van der Waals surface area contributed by atoms with Gasteiger partial charge in [-0.1, -0.05) is 60.7 Å². The van der Waals surface area contributed by atoms with E-state index in [2.05, 4.69) is 17.4 Å². The molecule has 0 radical (unpaired) electrons. The zero-order chi connectivity index (χ0) is 18.2. The Balaban J connectivity index is 1.47. The van der Waals surface area contributed by atoms with Gasteiger partial charge in [0.15, 0.2) is 0 Å². The predicted molar refractivity (Wildman–Crippen MR) is 103 cm³/mol. The molecule has 1 atom stereocenters. The Kier molecular flexibility index (Phi) is 6.42. The summed E-state index contributed by atoms with van der Waals surface area (Å²) in [5, 5.41) is 3.00. The SMILES string of the molecule is O=C(NCCc1ccccc1)C1CCCN1C(=O)CCc1ccccc1. The first-order chi connectivity index (χ1) is 12.7. The van der Waals surface area contributed by atoms with Crippen LogP contribution in [-0.4, -0.2) is 35.8 Å². The molecule has 0 saturated carbocycles. The van der Waals surface area contributed by atoms with Gasteiger partial charge in [0, 0.05) is 19.5 Å². The standard InChI is InChI=1S/C22H26N2O2/c25-21(14-13-18-8-3-1-4-9-18)24-17-7-12-20(24)22(26)23-16-15-19-10-5-2-6-11-19/h1-6,8-11,20H,7,12-17H2,(H,23,26). The van der Waals surface area contributed by atoms with Crippen molar-refractivity contribution >= 4 is 11.8 Å². The molecule has 1 fully saturated rings. The highest BCUT2D eigenvalue weighted by Crippen LogP contribution is 2.19. The second-order valence-electron chi connectivity index (χ2n) is 6.76. The number of nitrogens with zero attached hydrogens (tertiary/aromatic N) is 1. The van der Waals surface area contributed by atoms with Crippen LogP contribution in [0.15, 0.2) is 60.7 Å². The molecular formula is C22H26N2O2. The average molecular weight is 350 g/mol. The van der Waals surface area contributed by atoms with E-state index in [9.17, 15) is 9.59 Å². The van der Waals surface area contributed by atoms with E-state index >= 15 is 0 Å². The van der Waals surface area contributed by atoms with Gasteiger partial charge in [-0.05, 0) is 36.8 Å². The van der Waals surface area contributed by atoms with E-state index < -0.39 is 0 Å². The summed E-state index contributed by atoms with van der Waals surface area (Å²) in [5.41, 5.74) is 2.36. The molecule has 2 aromatic carbocycles. The number of likely N-dealkylation sites (tertiary alicyclic amines) is 1. The van der Waals surface area contributed by atoms with Gasteiger partial charge in [0.1, 0.15) is 6.04 Å². The Bertz CT molecular complexity index is 715. The fourth-order valence-electron chi connectivity index (χ4n) is 3.47. The molecule has 2 aromatic rings. The maximum atomic E-state index is 12.6. The Labute approximate surface area is 155 Å². The number of hydrogen-bond donors (Lipinski definition) is 1. The summed E-state index contributed by atoms with van der Waals surface area (Å²) in [7, 11) is 0. The number of nitrogens with one attached hydrogen (secondary N) is 1. The molecule has 0 bridgehead atoms. The molecule has 1 aliphatic heterocycles. The minimum Gasteiger partial charge on any atom is -0.354 e. The summed E-state index contributed by atoms with van der Waals surface area (Å²) < 4.78 is 0. The molecule has 0 aliphatic carbocycles. The third-order valence-corrected chi connectivity index (χ3v) is 4.90. The molecule has 1 aliphatic rings. The zero-order valence-corrected chi connectivity index (χ0v) is 15.1. The van der Waals surface area contributed by atoms with Crippen LogP contribution in [0.3, 0.4) is 0 Å². The van der Waals surface area contributed by atoms with Crippen LogP contribution in [0.1, 0.15) is 30.4 Å². The van der Waals surface area contributed by atoms with Gasteiger partial charge < -0.3 is 10.2 Å². The van der Waals surface area contributed by atoms with Crippen LogP contribution >= 0.6 is 0 Å². The first kappa shape index (κ1) is 18.2. The lowest BCUT2D eigenvalue weighted by atomic mass is 10.1. The van der Waals surface area contributed by atoms with Crippen molar-refractivity contribution < 1.29 is 9.59 Å². The van der Waals surface area contributed by atoms with E-state index in [0.29, 0.717) is 19.5 Å². The third-order valence-electron chi connectivity index (χ3n) is 4.90. The Hall–Kier alpha value is -2.62. The lowest BCUT2D eigenvalue weighted by Crippen LogP contribution is -2.46. The van der Waals surface area contributed by atoms with E-state index in [1.54, 1.807) is 4.90 Å². The number of aryl methyl sites for hydroxylation is 1. The summed E-state index contributed by atoms with van der Waals surface area (Å²) in [6.45, 7) is 1.29. The van der Waals surface area contributed by atoms with Gasteiger partial charge in [0.25, 0.3) is 0 Å². The number of benzene rings is 2. The quantitative estimate of drug-likeness (QED) is 0.835. The lowest BCUT2D eigenvalue weighted by Gasteiger charge is -2.24. The molecule has 0 spiro atoms. The summed E-state index contributed by atoms with van der Waals surface area (Å²) in [5.74, 6) is 0.0565. The fourth-order valence-corrected chi connectivity index (χ4v) is 3.47. The second-order valence-corrected chi connectivity index (χ2v) is 6.76. The molecular weight excluding hydrogens is 324 g/mol. The van der Waals surface area contributed by atoms with Crippen molar-refractivity contribution in [3.63, 3.8) is 0 Å². The molecule has 4 heteroatoms. The van der Waals surface area contributed by atoms with Gasteiger partial charge in [-0.3, -0.25) is 9.59 Å². The van der Waals surface area contributed by atoms with Crippen LogP contribution in [0.25, 0.3) is 0 Å². The highest BCUT2D eigenvalue weighted by atomic mass is 16.2. The van der Waals surface area contributed by atoms with Crippen molar-refractivity contribution in [3.8, 4) is 0 Å². The molecule has 4 nitrogen and oxygen atoms in total. The smallest absolute Gasteiger partial charge is 0.242 e. The van der Waals surface area contributed by atoms with Gasteiger partial charge in [0.05, 0.1) is 0 Å². The summed E-state index contributed by atoms with van der Waals surface area (Å²) >= 11 is 0. The van der Waals surface area contributed by atoms with Crippen LogP contribution in [0.2, 0.25) is 0 Å². The highest BCUT2D eigenvalue weighted by Gasteiger charge is 2.33. The van der Waals surface area contributed by atoms with Crippen molar-refractivity contribution in [2.24, 2.45) is 0 Å². The van der Waals surface area contributed by atoms with Gasteiger partial charge in [-0.25, -0.2) is 0 Å². The predicted octanol–water partition coefficient (Wildman–Crippen LogP) is 2.97. The van der Waals surface area contributed by atoms with Crippen LogP contribution in [0, 0.1) is 0 Å². The van der Waals surface area contributed by atoms with E-state index in [1.807, 2.05) is 48.5 Å². The molecule has 3 rings (SSSR count). The summed E-state index contributed by atoms with van der Waals surface area (Å²) in [4.78, 5) is 26.9. The Morgan fingerprint density at radius 2 is 1.54 bits per heavy atom. The third kappa shape index (κ3) is 4.94. The summed E-state index contributed by atoms with van der Waals surface area (Å²) in [6, 6.07) is 19.8. The van der Waals surface area contributed by atoms with Crippen molar-refractivity contribution in [1.29, 1.82) is 0 Å². The van der Waals surface area contributed by atoms with Crippen molar-refractivity contribution in [2.45, 2.75) is 38.1 Å². The van der Waals surface area contributed by atoms with Crippen molar-refractivity contribution in [2.75, 3.05) is 13.1 Å². The monoisotopic (exact) mass is 350 g/mol. The van der Waals surface area contributed by atoms with Crippen molar-refractivity contribution in [1.82, 2.24) is 10.2 Å². The molecule has 1 unspecified atom stereocenters. The largest absolute Gasteiger partial charge is 0.354 e. The molecule has 1 saturated heterocycles. The minimum absolute atomic E-state index is 0.0218. The maximum absolute atomic E-state index is 12.6. The average Bonchev–Trinajstić information content (AvgIpc) is 3.18. The van der Waals surface area contributed by atoms with E-state index in [1.165, 1.54) is 5.56 Å². The number of hydrogen-bond acceptors (Lipinski definition) is 2. The first-order valence-electron chi connectivity index (χ1n) is 9.39. The van der Waals surface area contributed by atoms with Gasteiger partial charge >= 0.3 is 0 Å². The number of carbonyl (C=O) groups excluding carboxylic acids is 2. The fraction of sp³-hybridized carbons (Fsp3) is 0.364. The zero-order valence-electron chi connectivity index (χ0n) is 15.1. The molecule has 1 heterocycles. The maximum Gasteiger partial charge on any atom is 0.242 e. The normalized spacial score (nSPS) is 16.5. The molecule has 1 N–H and O–H groups in total. The van der Waals surface area contributed by atoms with Crippen LogP contribution in [0.4, 0.5) is 0 Å². The first-order valence-corrected chi connectivity index (χ1v) is 9.39. The Morgan fingerprint density at radius 3 is 2.19 bits per heavy atom. The molecule has 0 aromatic heterocycles. The topological polar surface area (TPSA) is 49.4 Å². The Morgan fingerprint density at radius 1 is 0.923 bits per heavy atom. The van der Waals surface area contributed by atoms with Gasteiger partial charge in [-0.15, -0.1) is 0 Å². The van der Waals surface area contributed by atoms with E-state index in [-0.39, 0.29) is 17.9 Å². The molecule has 2 amide bonds. The van der Waals surface area contributed by atoms with Crippen LogP contribution in [-0.2, 0) is 22.4 Å². The molecule has 26 heavy (non-hydrogen) atoms. The highest BCUT2D eigenvalue weighted by molar-refractivity contribution is 5.88. The van der Waals surface area contributed by atoms with E-state index in [0.717, 1.165) is 31.2 Å². The van der Waals surface area contributed by atoms with Crippen LogP contribution < -0.4 is 5.32 Å². The van der Waals surface area contributed by atoms with Gasteiger partial charge in [-0.2, -0.15) is 0 Å².